The van der Waals surface area contributed by atoms with Gasteiger partial charge in [-0.1, -0.05) is 46.3 Å². The summed E-state index contributed by atoms with van der Waals surface area (Å²) in [7, 11) is 0. The summed E-state index contributed by atoms with van der Waals surface area (Å²) in [4.78, 5) is 2.74. The molecule has 37 heavy (non-hydrogen) atoms. The third-order valence-electron chi connectivity index (χ3n) is 12.0. The summed E-state index contributed by atoms with van der Waals surface area (Å²) in [6.45, 7) is 18.9. The molecule has 5 heteroatoms. The highest BCUT2D eigenvalue weighted by Gasteiger charge is 2.83. The van der Waals surface area contributed by atoms with E-state index in [0.717, 1.165) is 69.7 Å². The molecule has 0 N–H and O–H groups in total. The molecule has 0 unspecified atom stereocenters. The second-order valence-electron chi connectivity index (χ2n) is 14.0. The molecule has 4 bridgehead atoms. The largest absolute Gasteiger partial charge is 0.490 e. The van der Waals surface area contributed by atoms with Crippen molar-refractivity contribution in [1.82, 2.24) is 4.90 Å². The minimum atomic E-state index is -0.332. The van der Waals surface area contributed by atoms with E-state index in [-0.39, 0.29) is 39.5 Å². The summed E-state index contributed by atoms with van der Waals surface area (Å²) in [5.41, 5.74) is 2.45. The van der Waals surface area contributed by atoms with E-state index in [2.05, 4.69) is 64.3 Å². The molecule has 4 aliphatic carbocycles. The maximum Gasteiger partial charge on any atom is 0.165 e. The Hall–Kier alpha value is -1.56. The Kier molecular flexibility index (Phi) is 5.13. The van der Waals surface area contributed by atoms with Crippen molar-refractivity contribution in [3.05, 3.63) is 35.9 Å². The summed E-state index contributed by atoms with van der Waals surface area (Å²) in [5, 5.41) is 0. The molecule has 8 rings (SSSR count). The van der Waals surface area contributed by atoms with Crippen molar-refractivity contribution < 1.29 is 18.9 Å². The fourth-order valence-corrected chi connectivity index (χ4v) is 10.0. The van der Waals surface area contributed by atoms with Crippen LogP contribution in [0, 0.1) is 16.7 Å². The van der Waals surface area contributed by atoms with Gasteiger partial charge in [-0.15, -0.1) is 6.58 Å². The second kappa shape index (κ2) is 7.76. The summed E-state index contributed by atoms with van der Waals surface area (Å²) in [5.74, 6) is 2.26. The van der Waals surface area contributed by atoms with Crippen molar-refractivity contribution in [1.29, 1.82) is 0 Å². The lowest BCUT2D eigenvalue weighted by molar-refractivity contribution is -0.389. The van der Waals surface area contributed by atoms with E-state index in [4.69, 9.17) is 18.9 Å². The third kappa shape index (κ3) is 2.72. The zero-order valence-corrected chi connectivity index (χ0v) is 23.5. The van der Waals surface area contributed by atoms with Gasteiger partial charge in [0.15, 0.2) is 11.5 Å². The fraction of sp³-hybridized carbons (Fsp3) is 0.750. The lowest BCUT2D eigenvalue weighted by Gasteiger charge is -2.76. The number of unbranched alkanes of at least 4 members (excludes halogenated alkanes) is 1. The van der Waals surface area contributed by atoms with Crippen LogP contribution < -0.4 is 9.47 Å². The smallest absolute Gasteiger partial charge is 0.165 e. The van der Waals surface area contributed by atoms with Crippen LogP contribution in [-0.2, 0) is 21.3 Å². The molecule has 5 fully saturated rings. The Balaban J connectivity index is 1.45. The first-order valence-electron chi connectivity index (χ1n) is 14.8. The van der Waals surface area contributed by atoms with E-state index >= 15 is 0 Å². The number of hydrogen-bond donors (Lipinski definition) is 0. The van der Waals surface area contributed by atoms with Crippen LogP contribution in [0.5, 0.6) is 11.5 Å². The predicted molar refractivity (Wildman–Crippen MR) is 144 cm³/mol. The molecule has 0 aromatic heterocycles. The normalized spacial score (nSPS) is 43.1. The number of nitrogens with zero attached hydrogens (tertiary/aromatic N) is 1. The van der Waals surface area contributed by atoms with Gasteiger partial charge >= 0.3 is 0 Å². The lowest BCUT2D eigenvalue weighted by Crippen LogP contribution is -2.84. The monoisotopic (exact) mass is 507 g/mol. The predicted octanol–water partition coefficient (Wildman–Crippen LogP) is 6.03. The first-order valence-corrected chi connectivity index (χ1v) is 14.8. The van der Waals surface area contributed by atoms with Gasteiger partial charge in [-0.2, -0.15) is 0 Å². The van der Waals surface area contributed by atoms with E-state index < -0.39 is 0 Å². The topological polar surface area (TPSA) is 40.2 Å². The summed E-state index contributed by atoms with van der Waals surface area (Å²) in [6.07, 6.45) is 9.88. The maximum absolute atomic E-state index is 7.29. The minimum Gasteiger partial charge on any atom is -0.490 e. The van der Waals surface area contributed by atoms with Crippen LogP contribution in [0.15, 0.2) is 24.8 Å². The van der Waals surface area contributed by atoms with Crippen LogP contribution in [0.3, 0.4) is 0 Å². The number of piperidine rings is 1. The van der Waals surface area contributed by atoms with Gasteiger partial charge in [-0.3, -0.25) is 4.90 Å². The van der Waals surface area contributed by atoms with Gasteiger partial charge in [0, 0.05) is 34.9 Å². The van der Waals surface area contributed by atoms with Gasteiger partial charge in [0.1, 0.15) is 18.5 Å². The molecule has 202 valence electrons. The molecule has 3 aliphatic heterocycles. The highest BCUT2D eigenvalue weighted by Crippen LogP contribution is 2.78. The second-order valence-corrected chi connectivity index (χ2v) is 14.0. The fourth-order valence-electron chi connectivity index (χ4n) is 10.0. The zero-order valence-electron chi connectivity index (χ0n) is 23.5. The number of fused-ring (bicyclic) bond motifs is 1. The molecule has 1 aromatic rings. The van der Waals surface area contributed by atoms with Crippen molar-refractivity contribution >= 4 is 0 Å². The SMILES string of the molecule is C=CCN1CC[C@]23c4c5ccc(OCCCC)c4O[C@H]2[C@@]24CC[C@@]3(C[C@@H]2[C@@](C)(C(C)(C)C)OCO4)[C@H]1C5. The quantitative estimate of drug-likeness (QED) is 0.347. The number of likely N-dealkylation sites (tertiary alicyclic amines) is 1. The summed E-state index contributed by atoms with van der Waals surface area (Å²) < 4.78 is 27.2. The van der Waals surface area contributed by atoms with Crippen molar-refractivity contribution in [2.75, 3.05) is 26.5 Å². The van der Waals surface area contributed by atoms with Crippen LogP contribution in [0.25, 0.3) is 0 Å². The molecule has 3 saturated carbocycles. The van der Waals surface area contributed by atoms with Crippen LogP contribution in [-0.4, -0.2) is 54.7 Å². The standard InChI is InChI=1S/C32H45NO4/c1-7-9-17-34-22-11-10-21-18-24-30-12-13-32(23(19-30)29(6,28(3,4)5)35-20-36-32)27-31(30,25(21)26(22)37-27)14-16-33(24)15-8-2/h8,10-11,23-24,27H,2,7,9,12-20H2,1,3-6H3/t23-,24-,27-,29+,30-,31+,32-/m1/s1. The minimum absolute atomic E-state index is 0.00858. The highest BCUT2D eigenvalue weighted by atomic mass is 16.7. The Bertz CT molecular complexity index is 1130. The van der Waals surface area contributed by atoms with Crippen molar-refractivity contribution in [2.24, 2.45) is 16.7 Å². The maximum atomic E-state index is 7.29. The van der Waals surface area contributed by atoms with Gasteiger partial charge in [0.2, 0.25) is 0 Å². The zero-order chi connectivity index (χ0) is 25.8. The Morgan fingerprint density at radius 2 is 2.03 bits per heavy atom. The average molecular weight is 508 g/mol. The summed E-state index contributed by atoms with van der Waals surface area (Å²) in [6, 6.07) is 5.02. The Labute approximate surface area is 222 Å². The molecule has 3 heterocycles. The molecular formula is C32H45NO4. The number of ether oxygens (including phenoxy) is 4. The Morgan fingerprint density at radius 1 is 1.19 bits per heavy atom. The van der Waals surface area contributed by atoms with Crippen LogP contribution in [0.2, 0.25) is 0 Å². The number of hydrogen-bond acceptors (Lipinski definition) is 5. The van der Waals surface area contributed by atoms with Gasteiger partial charge in [0.25, 0.3) is 0 Å². The van der Waals surface area contributed by atoms with Crippen LogP contribution in [0.4, 0.5) is 0 Å². The molecule has 3 spiro atoms. The lowest BCUT2D eigenvalue weighted by atomic mass is 9.33. The molecule has 5 nitrogen and oxygen atoms in total. The first kappa shape index (κ1) is 24.5. The Morgan fingerprint density at radius 3 is 2.78 bits per heavy atom. The summed E-state index contributed by atoms with van der Waals surface area (Å²) >= 11 is 0. The van der Waals surface area contributed by atoms with Crippen LogP contribution in [0.1, 0.15) is 84.3 Å². The third-order valence-corrected chi connectivity index (χ3v) is 12.0. The van der Waals surface area contributed by atoms with Gasteiger partial charge < -0.3 is 18.9 Å². The first-order chi connectivity index (χ1) is 17.7. The average Bonchev–Trinajstić information content (AvgIpc) is 3.23. The van der Waals surface area contributed by atoms with Gasteiger partial charge in [-0.05, 0) is 69.0 Å². The number of rotatable bonds is 6. The van der Waals surface area contributed by atoms with E-state index in [1.165, 1.54) is 17.5 Å². The van der Waals surface area contributed by atoms with E-state index in [1.807, 2.05) is 0 Å². The molecule has 2 saturated heterocycles. The highest BCUT2D eigenvalue weighted by molar-refractivity contribution is 5.64. The molecule has 7 atom stereocenters. The van der Waals surface area contributed by atoms with Gasteiger partial charge in [-0.25, -0.2) is 0 Å². The number of benzene rings is 1. The van der Waals surface area contributed by atoms with Crippen LogP contribution >= 0.6 is 0 Å². The van der Waals surface area contributed by atoms with E-state index in [1.54, 1.807) is 0 Å². The van der Waals surface area contributed by atoms with E-state index in [0.29, 0.717) is 12.8 Å². The molecule has 0 amide bonds. The van der Waals surface area contributed by atoms with Gasteiger partial charge in [0.05, 0.1) is 12.2 Å². The van der Waals surface area contributed by atoms with E-state index in [9.17, 15) is 0 Å². The molecule has 7 aliphatic rings. The molecule has 1 aromatic carbocycles. The van der Waals surface area contributed by atoms with Crippen molar-refractivity contribution in [3.63, 3.8) is 0 Å². The van der Waals surface area contributed by atoms with Crippen molar-refractivity contribution in [2.45, 2.75) is 108 Å². The molecular weight excluding hydrogens is 462 g/mol. The molecule has 0 radical (unpaired) electrons. The van der Waals surface area contributed by atoms with Crippen molar-refractivity contribution in [3.8, 4) is 11.5 Å².